The fourth-order valence-electron chi connectivity index (χ4n) is 4.71. The summed E-state index contributed by atoms with van der Waals surface area (Å²) in [5.74, 6) is -0.382. The number of fused-ring (bicyclic) bond motifs is 1. The molecule has 4 nitrogen and oxygen atoms in total. The molecular weight excluding hydrogens is 355 g/mol. The molecule has 1 saturated carbocycles. The lowest BCUT2D eigenvalue weighted by atomic mass is 9.91. The first-order chi connectivity index (χ1) is 13.4. The molecule has 1 aliphatic carbocycles. The Balaban J connectivity index is 1.67. The van der Waals surface area contributed by atoms with Gasteiger partial charge in [-0.15, -0.1) is 0 Å². The number of halogens is 1. The van der Waals surface area contributed by atoms with Gasteiger partial charge < -0.3 is 10.2 Å². The van der Waals surface area contributed by atoms with E-state index in [0.717, 1.165) is 47.1 Å². The standard InChI is InChI=1S/C23H25FN2O2/c1-13-14(2)19-12-26(21-4-3-5-22(21)27)23(28)18(19)10-17(13)9-16-7-6-15(11-25)8-20(16)24/h6-8,10,21-23,27-28H,3-5,9,12H2,1-2H3. The van der Waals surface area contributed by atoms with Gasteiger partial charge in [-0.3, -0.25) is 4.90 Å². The van der Waals surface area contributed by atoms with Crippen molar-refractivity contribution >= 4 is 0 Å². The van der Waals surface area contributed by atoms with Crippen molar-refractivity contribution in [3.63, 3.8) is 0 Å². The molecule has 2 aliphatic rings. The molecule has 0 amide bonds. The van der Waals surface area contributed by atoms with Crippen molar-refractivity contribution in [2.75, 3.05) is 0 Å². The van der Waals surface area contributed by atoms with Gasteiger partial charge in [-0.2, -0.15) is 5.26 Å². The van der Waals surface area contributed by atoms with Gasteiger partial charge in [0.2, 0.25) is 0 Å². The summed E-state index contributed by atoms with van der Waals surface area (Å²) in [6.45, 7) is 4.72. The van der Waals surface area contributed by atoms with Crippen LogP contribution in [0.1, 0.15) is 64.4 Å². The predicted molar refractivity (Wildman–Crippen MR) is 104 cm³/mol. The summed E-state index contributed by atoms with van der Waals surface area (Å²) in [7, 11) is 0. The third-order valence-corrected chi connectivity index (χ3v) is 6.54. The Hall–Kier alpha value is -2.26. The number of nitriles is 1. The van der Waals surface area contributed by atoms with Crippen molar-refractivity contribution in [3.05, 3.63) is 69.0 Å². The van der Waals surface area contributed by atoms with Crippen LogP contribution in [0.4, 0.5) is 4.39 Å². The van der Waals surface area contributed by atoms with Gasteiger partial charge in [-0.1, -0.05) is 12.1 Å². The van der Waals surface area contributed by atoms with Crippen LogP contribution in [-0.2, 0) is 13.0 Å². The molecule has 0 saturated heterocycles. The summed E-state index contributed by atoms with van der Waals surface area (Å²) < 4.78 is 14.4. The minimum Gasteiger partial charge on any atom is -0.391 e. The molecule has 28 heavy (non-hydrogen) atoms. The second-order valence-corrected chi connectivity index (χ2v) is 8.06. The summed E-state index contributed by atoms with van der Waals surface area (Å²) >= 11 is 0. The second kappa shape index (κ2) is 7.29. The Morgan fingerprint density at radius 3 is 2.57 bits per heavy atom. The van der Waals surface area contributed by atoms with Crippen LogP contribution in [0.15, 0.2) is 24.3 Å². The van der Waals surface area contributed by atoms with E-state index in [2.05, 4.69) is 0 Å². The van der Waals surface area contributed by atoms with E-state index in [1.54, 1.807) is 12.1 Å². The Labute approximate surface area is 164 Å². The molecule has 0 bridgehead atoms. The van der Waals surface area contributed by atoms with Crippen LogP contribution in [-0.4, -0.2) is 27.3 Å². The van der Waals surface area contributed by atoms with Crippen molar-refractivity contribution in [3.8, 4) is 6.07 Å². The van der Waals surface area contributed by atoms with Gasteiger partial charge in [0.05, 0.1) is 17.7 Å². The highest BCUT2D eigenvalue weighted by molar-refractivity contribution is 5.49. The van der Waals surface area contributed by atoms with Crippen LogP contribution in [0, 0.1) is 31.0 Å². The van der Waals surface area contributed by atoms with Gasteiger partial charge >= 0.3 is 0 Å². The molecule has 3 atom stereocenters. The largest absolute Gasteiger partial charge is 0.391 e. The van der Waals surface area contributed by atoms with Crippen LogP contribution in [0.2, 0.25) is 0 Å². The normalized spacial score (nSPS) is 24.4. The third-order valence-electron chi connectivity index (χ3n) is 6.54. The molecule has 0 aromatic heterocycles. The van der Waals surface area contributed by atoms with Gasteiger partial charge in [-0.25, -0.2) is 4.39 Å². The van der Waals surface area contributed by atoms with Gasteiger partial charge in [0, 0.05) is 24.6 Å². The minimum atomic E-state index is -0.739. The minimum absolute atomic E-state index is 0.0125. The van der Waals surface area contributed by atoms with Crippen molar-refractivity contribution < 1.29 is 14.6 Å². The quantitative estimate of drug-likeness (QED) is 0.853. The summed E-state index contributed by atoms with van der Waals surface area (Å²) in [5, 5.41) is 30.2. The van der Waals surface area contributed by atoms with E-state index < -0.39 is 12.3 Å². The molecule has 2 aromatic carbocycles. The Kier molecular flexibility index (Phi) is 4.96. The number of aliphatic hydroxyl groups excluding tert-OH is 2. The third kappa shape index (κ3) is 3.12. The zero-order chi connectivity index (χ0) is 20.0. The number of rotatable bonds is 3. The zero-order valence-corrected chi connectivity index (χ0v) is 16.2. The van der Waals surface area contributed by atoms with Crippen LogP contribution >= 0.6 is 0 Å². The molecule has 0 spiro atoms. The first kappa shape index (κ1) is 19.1. The van der Waals surface area contributed by atoms with E-state index in [9.17, 15) is 14.6 Å². The highest BCUT2D eigenvalue weighted by Gasteiger charge is 2.40. The Morgan fingerprint density at radius 2 is 1.93 bits per heavy atom. The summed E-state index contributed by atoms with van der Waals surface area (Å²) in [6, 6.07) is 8.49. The maximum atomic E-state index is 14.4. The molecule has 3 unspecified atom stereocenters. The summed E-state index contributed by atoms with van der Waals surface area (Å²) in [5.41, 5.74) is 6.03. The Morgan fingerprint density at radius 1 is 1.14 bits per heavy atom. The molecular formula is C23H25FN2O2. The van der Waals surface area contributed by atoms with E-state index in [1.165, 1.54) is 6.07 Å². The number of hydrogen-bond donors (Lipinski definition) is 2. The van der Waals surface area contributed by atoms with E-state index in [0.29, 0.717) is 24.1 Å². The predicted octanol–water partition coefficient (Wildman–Crippen LogP) is 3.62. The van der Waals surface area contributed by atoms with Crippen molar-refractivity contribution in [1.29, 1.82) is 5.26 Å². The van der Waals surface area contributed by atoms with E-state index in [1.807, 2.05) is 30.9 Å². The van der Waals surface area contributed by atoms with E-state index in [4.69, 9.17) is 5.26 Å². The maximum Gasteiger partial charge on any atom is 0.134 e. The van der Waals surface area contributed by atoms with Gasteiger partial charge in [0.1, 0.15) is 12.0 Å². The van der Waals surface area contributed by atoms with Crippen LogP contribution < -0.4 is 0 Å². The Bertz CT molecular complexity index is 966. The van der Waals surface area contributed by atoms with E-state index in [-0.39, 0.29) is 11.9 Å². The van der Waals surface area contributed by atoms with Gasteiger partial charge in [0.25, 0.3) is 0 Å². The van der Waals surface area contributed by atoms with Crippen LogP contribution in [0.3, 0.4) is 0 Å². The number of hydrogen-bond acceptors (Lipinski definition) is 4. The van der Waals surface area contributed by atoms with Crippen LogP contribution in [0.5, 0.6) is 0 Å². The molecule has 1 fully saturated rings. The SMILES string of the molecule is Cc1c(Cc2ccc(C#N)cc2F)cc2c(c1C)CN(C1CCCC1O)C2O. The second-order valence-electron chi connectivity index (χ2n) is 8.06. The average Bonchev–Trinajstić information content (AvgIpc) is 3.24. The topological polar surface area (TPSA) is 67.5 Å². The monoisotopic (exact) mass is 380 g/mol. The average molecular weight is 380 g/mol. The lowest BCUT2D eigenvalue weighted by molar-refractivity contribution is -0.0468. The molecule has 4 rings (SSSR count). The molecule has 1 aliphatic heterocycles. The van der Waals surface area contributed by atoms with Crippen molar-refractivity contribution in [2.45, 2.75) is 64.4 Å². The van der Waals surface area contributed by atoms with E-state index >= 15 is 0 Å². The van der Waals surface area contributed by atoms with Crippen molar-refractivity contribution in [1.82, 2.24) is 4.90 Å². The number of benzene rings is 2. The van der Waals surface area contributed by atoms with Crippen LogP contribution in [0.25, 0.3) is 0 Å². The summed E-state index contributed by atoms with van der Waals surface area (Å²) in [6.07, 6.45) is 1.94. The first-order valence-corrected chi connectivity index (χ1v) is 9.83. The molecule has 1 heterocycles. The highest BCUT2D eigenvalue weighted by Crippen LogP contribution is 2.41. The fourth-order valence-corrected chi connectivity index (χ4v) is 4.71. The zero-order valence-electron chi connectivity index (χ0n) is 16.2. The molecule has 0 radical (unpaired) electrons. The maximum absolute atomic E-state index is 14.4. The lowest BCUT2D eigenvalue weighted by Gasteiger charge is -2.29. The van der Waals surface area contributed by atoms with Crippen molar-refractivity contribution in [2.24, 2.45) is 0 Å². The molecule has 2 N–H and O–H groups in total. The number of aliphatic hydroxyl groups is 2. The summed E-state index contributed by atoms with van der Waals surface area (Å²) in [4.78, 5) is 2.00. The van der Waals surface area contributed by atoms with Gasteiger partial charge in [-0.05, 0) is 73.1 Å². The van der Waals surface area contributed by atoms with Gasteiger partial charge in [0.15, 0.2) is 0 Å². The molecule has 146 valence electrons. The number of nitrogens with zero attached hydrogens (tertiary/aromatic N) is 2. The first-order valence-electron chi connectivity index (χ1n) is 9.83. The molecule has 5 heteroatoms. The fraction of sp³-hybridized carbons (Fsp3) is 0.435. The smallest absolute Gasteiger partial charge is 0.134 e. The highest BCUT2D eigenvalue weighted by atomic mass is 19.1. The molecule has 2 aromatic rings. The lowest BCUT2D eigenvalue weighted by Crippen LogP contribution is -2.39.